The molecule has 98 valence electrons. The fourth-order valence-corrected chi connectivity index (χ4v) is 3.03. The number of amides is 1. The summed E-state index contributed by atoms with van der Waals surface area (Å²) >= 11 is 0. The summed E-state index contributed by atoms with van der Waals surface area (Å²) in [6.45, 7) is 0. The normalized spacial score (nSPS) is 28.3. The smallest absolute Gasteiger partial charge is 0.243 e. The van der Waals surface area contributed by atoms with E-state index in [2.05, 4.69) is 16.7 Å². The standard InChI is InChI=1S/C15H17N3O/c16-9-11-5-3-7-13(11)18-15(19)14-8-10-4-1-2-6-12(10)17-14/h1-2,4,6,11,13-14,17H,3,5,7-8H2,(H,18,19)/t11?,13?,14-/m0/s1. The van der Waals surface area contributed by atoms with E-state index < -0.39 is 0 Å². The Morgan fingerprint density at radius 3 is 3.00 bits per heavy atom. The van der Waals surface area contributed by atoms with Gasteiger partial charge in [0.25, 0.3) is 0 Å². The van der Waals surface area contributed by atoms with E-state index in [0.29, 0.717) is 0 Å². The van der Waals surface area contributed by atoms with Gasteiger partial charge in [0.05, 0.1) is 12.0 Å². The Kier molecular flexibility index (Phi) is 3.12. The molecule has 3 rings (SSSR count). The molecule has 1 heterocycles. The third-order valence-corrected chi connectivity index (χ3v) is 4.10. The lowest BCUT2D eigenvalue weighted by atomic mass is 10.0. The van der Waals surface area contributed by atoms with Crippen LogP contribution in [0.2, 0.25) is 0 Å². The van der Waals surface area contributed by atoms with E-state index in [9.17, 15) is 4.79 Å². The van der Waals surface area contributed by atoms with E-state index >= 15 is 0 Å². The number of hydrogen-bond acceptors (Lipinski definition) is 3. The Bertz CT molecular complexity index is 509. The van der Waals surface area contributed by atoms with Crippen LogP contribution >= 0.6 is 0 Å². The first-order chi connectivity index (χ1) is 9.28. The Balaban J connectivity index is 1.63. The second kappa shape index (κ2) is 4.93. The van der Waals surface area contributed by atoms with E-state index in [1.54, 1.807) is 0 Å². The van der Waals surface area contributed by atoms with Crippen LogP contribution in [-0.2, 0) is 11.2 Å². The molecule has 4 heteroatoms. The number of nitrogens with zero attached hydrogens (tertiary/aromatic N) is 1. The molecule has 0 spiro atoms. The monoisotopic (exact) mass is 255 g/mol. The van der Waals surface area contributed by atoms with Crippen LogP contribution in [0.4, 0.5) is 5.69 Å². The van der Waals surface area contributed by atoms with Crippen LogP contribution in [0.25, 0.3) is 0 Å². The molecular formula is C15H17N3O. The van der Waals surface area contributed by atoms with Gasteiger partial charge in [-0.3, -0.25) is 4.79 Å². The van der Waals surface area contributed by atoms with Gasteiger partial charge in [0.2, 0.25) is 5.91 Å². The van der Waals surface area contributed by atoms with Crippen molar-refractivity contribution in [3.05, 3.63) is 29.8 Å². The van der Waals surface area contributed by atoms with Gasteiger partial charge in [0.1, 0.15) is 6.04 Å². The first kappa shape index (κ1) is 12.0. The van der Waals surface area contributed by atoms with E-state index in [0.717, 1.165) is 31.4 Å². The number of nitriles is 1. The van der Waals surface area contributed by atoms with Crippen molar-refractivity contribution < 1.29 is 4.79 Å². The Morgan fingerprint density at radius 2 is 2.21 bits per heavy atom. The molecule has 0 saturated heterocycles. The number of para-hydroxylation sites is 1. The van der Waals surface area contributed by atoms with Crippen LogP contribution in [0.15, 0.2) is 24.3 Å². The number of benzene rings is 1. The fraction of sp³-hybridized carbons (Fsp3) is 0.467. The highest BCUT2D eigenvalue weighted by atomic mass is 16.2. The summed E-state index contributed by atoms with van der Waals surface area (Å²) in [5.74, 6) is -0.00363. The van der Waals surface area contributed by atoms with E-state index in [1.165, 1.54) is 5.56 Å². The highest BCUT2D eigenvalue weighted by Gasteiger charge is 2.32. The number of fused-ring (bicyclic) bond motifs is 1. The van der Waals surface area contributed by atoms with Crippen LogP contribution in [-0.4, -0.2) is 18.0 Å². The van der Waals surface area contributed by atoms with E-state index in [4.69, 9.17) is 5.26 Å². The third-order valence-electron chi connectivity index (χ3n) is 4.10. The van der Waals surface area contributed by atoms with Gasteiger partial charge in [-0.05, 0) is 30.9 Å². The topological polar surface area (TPSA) is 64.9 Å². The number of anilines is 1. The van der Waals surface area contributed by atoms with Gasteiger partial charge >= 0.3 is 0 Å². The van der Waals surface area contributed by atoms with E-state index in [-0.39, 0.29) is 23.9 Å². The maximum Gasteiger partial charge on any atom is 0.243 e. The number of rotatable bonds is 2. The van der Waals surface area contributed by atoms with Gasteiger partial charge in [-0.15, -0.1) is 0 Å². The number of carbonyl (C=O) groups is 1. The molecule has 2 unspecified atom stereocenters. The number of nitrogens with one attached hydrogen (secondary N) is 2. The maximum atomic E-state index is 12.2. The molecule has 0 radical (unpaired) electrons. The molecule has 2 aliphatic rings. The second-order valence-electron chi connectivity index (χ2n) is 5.34. The van der Waals surface area contributed by atoms with Crippen molar-refractivity contribution in [2.45, 2.75) is 37.8 Å². The largest absolute Gasteiger partial charge is 0.373 e. The Labute approximate surface area is 112 Å². The molecule has 1 amide bonds. The van der Waals surface area contributed by atoms with Crippen LogP contribution < -0.4 is 10.6 Å². The average molecular weight is 255 g/mol. The zero-order chi connectivity index (χ0) is 13.2. The molecule has 1 saturated carbocycles. The van der Waals surface area contributed by atoms with Gasteiger partial charge in [-0.1, -0.05) is 18.2 Å². The highest BCUT2D eigenvalue weighted by Crippen LogP contribution is 2.27. The molecule has 19 heavy (non-hydrogen) atoms. The van der Waals surface area contributed by atoms with Crippen LogP contribution in [0, 0.1) is 17.2 Å². The maximum absolute atomic E-state index is 12.2. The lowest BCUT2D eigenvalue weighted by Gasteiger charge is -2.19. The minimum Gasteiger partial charge on any atom is -0.373 e. The van der Waals surface area contributed by atoms with Crippen molar-refractivity contribution in [1.29, 1.82) is 5.26 Å². The SMILES string of the molecule is N#CC1CCCC1NC(=O)[C@@H]1Cc2ccccc2N1. The quantitative estimate of drug-likeness (QED) is 0.847. The predicted octanol–water partition coefficient (Wildman–Crippen LogP) is 1.83. The van der Waals surface area contributed by atoms with Crippen molar-refractivity contribution in [3.63, 3.8) is 0 Å². The summed E-state index contributed by atoms with van der Waals surface area (Å²) in [6.07, 6.45) is 3.58. The molecule has 0 bridgehead atoms. The third kappa shape index (κ3) is 2.28. The lowest BCUT2D eigenvalue weighted by molar-refractivity contribution is -0.122. The minimum atomic E-state index is -0.197. The molecule has 1 aliphatic carbocycles. The summed E-state index contributed by atoms with van der Waals surface area (Å²) in [5, 5.41) is 15.3. The number of hydrogen-bond donors (Lipinski definition) is 2. The van der Waals surface area contributed by atoms with Crippen molar-refractivity contribution in [2.24, 2.45) is 5.92 Å². The molecule has 1 aromatic rings. The molecule has 4 nitrogen and oxygen atoms in total. The molecule has 1 aromatic carbocycles. The van der Waals surface area contributed by atoms with E-state index in [1.807, 2.05) is 24.3 Å². The van der Waals surface area contributed by atoms with Crippen molar-refractivity contribution in [2.75, 3.05) is 5.32 Å². The van der Waals surface area contributed by atoms with Gasteiger partial charge in [-0.25, -0.2) is 0 Å². The Morgan fingerprint density at radius 1 is 1.37 bits per heavy atom. The zero-order valence-electron chi connectivity index (χ0n) is 10.7. The van der Waals surface area contributed by atoms with Crippen molar-refractivity contribution >= 4 is 11.6 Å². The molecule has 3 atom stereocenters. The molecule has 0 aromatic heterocycles. The van der Waals surface area contributed by atoms with Crippen LogP contribution in [0.1, 0.15) is 24.8 Å². The first-order valence-corrected chi connectivity index (χ1v) is 6.82. The molecule has 1 aliphatic heterocycles. The van der Waals surface area contributed by atoms with Crippen LogP contribution in [0.5, 0.6) is 0 Å². The van der Waals surface area contributed by atoms with Crippen molar-refractivity contribution in [3.8, 4) is 6.07 Å². The van der Waals surface area contributed by atoms with Crippen LogP contribution in [0.3, 0.4) is 0 Å². The lowest BCUT2D eigenvalue weighted by Crippen LogP contribution is -2.45. The van der Waals surface area contributed by atoms with Gasteiger partial charge in [0, 0.05) is 18.2 Å². The van der Waals surface area contributed by atoms with Gasteiger partial charge in [0.15, 0.2) is 0 Å². The van der Waals surface area contributed by atoms with Gasteiger partial charge in [-0.2, -0.15) is 5.26 Å². The summed E-state index contributed by atoms with van der Waals surface area (Å²) in [4.78, 5) is 12.2. The summed E-state index contributed by atoms with van der Waals surface area (Å²) in [7, 11) is 0. The first-order valence-electron chi connectivity index (χ1n) is 6.82. The summed E-state index contributed by atoms with van der Waals surface area (Å²) in [6, 6.07) is 10.1. The molecule has 1 fully saturated rings. The zero-order valence-corrected chi connectivity index (χ0v) is 10.7. The minimum absolute atomic E-state index is 0.0170. The highest BCUT2D eigenvalue weighted by molar-refractivity contribution is 5.87. The Hall–Kier alpha value is -2.02. The summed E-state index contributed by atoms with van der Waals surface area (Å²) < 4.78 is 0. The number of carbonyl (C=O) groups excluding carboxylic acids is 1. The van der Waals surface area contributed by atoms with Gasteiger partial charge < -0.3 is 10.6 Å². The van der Waals surface area contributed by atoms with Crippen molar-refractivity contribution in [1.82, 2.24) is 5.32 Å². The predicted molar refractivity (Wildman–Crippen MR) is 72.4 cm³/mol. The summed E-state index contributed by atoms with van der Waals surface area (Å²) in [5.41, 5.74) is 2.23. The molecule has 2 N–H and O–H groups in total. The fourth-order valence-electron chi connectivity index (χ4n) is 3.03. The molecular weight excluding hydrogens is 238 g/mol. The second-order valence-corrected chi connectivity index (χ2v) is 5.34. The average Bonchev–Trinajstić information content (AvgIpc) is 3.03.